The minimum Gasteiger partial charge on any atom is -0.465 e. The topological polar surface area (TPSA) is 52.6 Å². The number of rotatable bonds is 8. The predicted molar refractivity (Wildman–Crippen MR) is 146 cm³/mol. The fraction of sp³-hybridized carbons (Fsp3) is 0.200. The maximum atomic E-state index is 12.9. The summed E-state index contributed by atoms with van der Waals surface area (Å²) in [5.41, 5.74) is 5.15. The highest BCUT2D eigenvalue weighted by Crippen LogP contribution is 2.49. The van der Waals surface area contributed by atoms with Gasteiger partial charge in [-0.15, -0.1) is 11.3 Å². The lowest BCUT2D eigenvalue weighted by molar-refractivity contribution is -0.146. The monoisotopic (exact) mass is 560 g/mol. The fourth-order valence-corrected chi connectivity index (χ4v) is 5.92. The zero-order valence-electron chi connectivity index (χ0n) is 19.8. The van der Waals surface area contributed by atoms with E-state index in [2.05, 4.69) is 40.2 Å². The summed E-state index contributed by atoms with van der Waals surface area (Å²) >= 11 is 5.03. The lowest BCUT2D eigenvalue weighted by Crippen LogP contribution is -2.23. The molecule has 0 aliphatic heterocycles. The molecule has 0 atom stereocenters. The molecule has 36 heavy (non-hydrogen) atoms. The van der Waals surface area contributed by atoms with E-state index in [9.17, 15) is 9.59 Å². The number of benzene rings is 3. The largest absolute Gasteiger partial charge is 0.465 e. The van der Waals surface area contributed by atoms with Crippen LogP contribution in [0.25, 0.3) is 21.6 Å². The van der Waals surface area contributed by atoms with E-state index in [0.29, 0.717) is 12.2 Å². The van der Waals surface area contributed by atoms with E-state index in [4.69, 9.17) is 9.47 Å². The van der Waals surface area contributed by atoms with Gasteiger partial charge in [0.1, 0.15) is 6.61 Å². The van der Waals surface area contributed by atoms with E-state index >= 15 is 0 Å². The van der Waals surface area contributed by atoms with Gasteiger partial charge < -0.3 is 9.47 Å². The molecule has 0 bridgehead atoms. The third-order valence-electron chi connectivity index (χ3n) is 6.47. The predicted octanol–water partition coefficient (Wildman–Crippen LogP) is 7.80. The second-order valence-electron chi connectivity index (χ2n) is 8.81. The van der Waals surface area contributed by atoms with Gasteiger partial charge in [-0.2, -0.15) is 0 Å². The number of ether oxygens (including phenoxy) is 2. The Morgan fingerprint density at radius 3 is 2.08 bits per heavy atom. The van der Waals surface area contributed by atoms with Gasteiger partial charge in [0, 0.05) is 4.88 Å². The summed E-state index contributed by atoms with van der Waals surface area (Å²) in [6.45, 7) is 2.48. The van der Waals surface area contributed by atoms with E-state index in [-0.39, 0.29) is 18.5 Å². The molecule has 0 unspecified atom stereocenters. The summed E-state index contributed by atoms with van der Waals surface area (Å²) < 4.78 is 11.7. The minimum absolute atomic E-state index is 0.123. The van der Waals surface area contributed by atoms with Gasteiger partial charge in [-0.05, 0) is 69.6 Å². The van der Waals surface area contributed by atoms with Crippen LogP contribution in [-0.2, 0) is 26.3 Å². The molecular formula is C30H25BrO4S. The summed E-state index contributed by atoms with van der Waals surface area (Å²) in [5, 5.41) is 0. The zero-order valence-corrected chi connectivity index (χ0v) is 22.2. The van der Waals surface area contributed by atoms with Gasteiger partial charge in [-0.25, -0.2) is 4.79 Å². The summed E-state index contributed by atoms with van der Waals surface area (Å²) in [6.07, 6.45) is 1.68. The molecule has 1 saturated carbocycles. The quantitative estimate of drug-likeness (QED) is 0.206. The first-order chi connectivity index (χ1) is 17.5. The van der Waals surface area contributed by atoms with Crippen molar-refractivity contribution < 1.29 is 19.1 Å². The standard InChI is InChI=1S/C30H25BrO4S/c1-2-34-29(33)30(16-17-30)24-14-12-22(13-15-24)21-8-10-23(11-9-21)27-25(18-26(31)36-27)28(32)35-19-20-6-4-3-5-7-20/h3-15,18H,2,16-17,19H2,1H3. The van der Waals surface area contributed by atoms with Gasteiger partial charge in [0.05, 0.1) is 21.4 Å². The van der Waals surface area contributed by atoms with Gasteiger partial charge in [-0.3, -0.25) is 4.79 Å². The van der Waals surface area contributed by atoms with Crippen LogP contribution in [0.2, 0.25) is 0 Å². The van der Waals surface area contributed by atoms with Crippen LogP contribution in [0.3, 0.4) is 0 Å². The average molecular weight is 561 g/mol. The van der Waals surface area contributed by atoms with Crippen molar-refractivity contribution in [2.24, 2.45) is 0 Å². The highest BCUT2D eigenvalue weighted by atomic mass is 79.9. The molecule has 0 N–H and O–H groups in total. The molecule has 0 saturated heterocycles. The summed E-state index contributed by atoms with van der Waals surface area (Å²) in [6, 6.07) is 27.8. The second kappa shape index (κ2) is 10.4. The van der Waals surface area contributed by atoms with Crippen LogP contribution >= 0.6 is 27.3 Å². The van der Waals surface area contributed by atoms with Crippen molar-refractivity contribution in [3.05, 3.63) is 105 Å². The van der Waals surface area contributed by atoms with E-state index in [1.807, 2.05) is 67.6 Å². The lowest BCUT2D eigenvalue weighted by Gasteiger charge is -2.14. The van der Waals surface area contributed by atoms with E-state index < -0.39 is 5.41 Å². The molecule has 1 aromatic heterocycles. The molecule has 5 rings (SSSR count). The van der Waals surface area contributed by atoms with E-state index in [1.54, 1.807) is 0 Å². The molecule has 0 amide bonds. The summed E-state index contributed by atoms with van der Waals surface area (Å²) in [7, 11) is 0. The Hall–Kier alpha value is -3.22. The molecule has 182 valence electrons. The summed E-state index contributed by atoms with van der Waals surface area (Å²) in [5.74, 6) is -0.464. The third-order valence-corrected chi connectivity index (χ3v) is 8.16. The van der Waals surface area contributed by atoms with Crippen molar-refractivity contribution >= 4 is 39.2 Å². The Morgan fingerprint density at radius 2 is 1.47 bits per heavy atom. The van der Waals surface area contributed by atoms with Crippen molar-refractivity contribution in [1.82, 2.24) is 0 Å². The number of carbonyl (C=O) groups excluding carboxylic acids is 2. The van der Waals surface area contributed by atoms with Crippen LogP contribution in [0.15, 0.2) is 88.7 Å². The number of thiophene rings is 1. The van der Waals surface area contributed by atoms with Crippen LogP contribution in [-0.4, -0.2) is 18.5 Å². The van der Waals surface area contributed by atoms with Gasteiger partial charge in [0.15, 0.2) is 0 Å². The molecule has 1 heterocycles. The lowest BCUT2D eigenvalue weighted by atomic mass is 9.93. The first-order valence-electron chi connectivity index (χ1n) is 11.9. The van der Waals surface area contributed by atoms with E-state index in [0.717, 1.165) is 49.3 Å². The Bertz CT molecular complexity index is 1370. The highest BCUT2D eigenvalue weighted by molar-refractivity contribution is 9.11. The number of esters is 2. The third kappa shape index (κ3) is 5.01. The second-order valence-corrected chi connectivity index (χ2v) is 11.2. The Kier molecular flexibility index (Phi) is 7.08. The summed E-state index contributed by atoms with van der Waals surface area (Å²) in [4.78, 5) is 26.1. The molecule has 1 aliphatic carbocycles. The SMILES string of the molecule is CCOC(=O)C1(c2ccc(-c3ccc(-c4sc(Br)cc4C(=O)OCc4ccccc4)cc3)cc2)CC1. The van der Waals surface area contributed by atoms with Crippen molar-refractivity contribution in [2.75, 3.05) is 6.61 Å². The number of hydrogen-bond acceptors (Lipinski definition) is 5. The van der Waals surface area contributed by atoms with E-state index in [1.165, 1.54) is 11.3 Å². The van der Waals surface area contributed by atoms with Gasteiger partial charge in [0.25, 0.3) is 0 Å². The van der Waals surface area contributed by atoms with Gasteiger partial charge in [0.2, 0.25) is 0 Å². The highest BCUT2D eigenvalue weighted by Gasteiger charge is 2.52. The first-order valence-corrected chi connectivity index (χ1v) is 13.5. The first kappa shape index (κ1) is 24.5. The molecule has 0 spiro atoms. The molecular weight excluding hydrogens is 536 g/mol. The van der Waals surface area contributed by atoms with Crippen molar-refractivity contribution in [2.45, 2.75) is 31.8 Å². The number of carbonyl (C=O) groups is 2. The molecule has 1 fully saturated rings. The zero-order chi connectivity index (χ0) is 25.1. The Morgan fingerprint density at radius 1 is 0.861 bits per heavy atom. The van der Waals surface area contributed by atoms with Crippen molar-refractivity contribution in [1.29, 1.82) is 0 Å². The van der Waals surface area contributed by atoms with Crippen molar-refractivity contribution in [3.8, 4) is 21.6 Å². The van der Waals surface area contributed by atoms with Crippen LogP contribution in [0, 0.1) is 0 Å². The fourth-order valence-electron chi connectivity index (χ4n) is 4.33. The Labute approximate surface area is 223 Å². The maximum Gasteiger partial charge on any atom is 0.339 e. The molecule has 4 aromatic rings. The van der Waals surface area contributed by atoms with Crippen molar-refractivity contribution in [3.63, 3.8) is 0 Å². The average Bonchev–Trinajstić information content (AvgIpc) is 3.64. The van der Waals surface area contributed by atoms with Gasteiger partial charge in [-0.1, -0.05) is 78.9 Å². The van der Waals surface area contributed by atoms with Crippen LogP contribution < -0.4 is 0 Å². The molecule has 6 heteroatoms. The smallest absolute Gasteiger partial charge is 0.339 e. The molecule has 1 aliphatic rings. The maximum absolute atomic E-state index is 12.9. The molecule has 0 radical (unpaired) electrons. The van der Waals surface area contributed by atoms with Gasteiger partial charge >= 0.3 is 11.9 Å². The molecule has 4 nitrogen and oxygen atoms in total. The normalized spacial score (nSPS) is 13.7. The Balaban J connectivity index is 1.32. The minimum atomic E-state index is -0.462. The molecule has 3 aromatic carbocycles. The van der Waals surface area contributed by atoms with Crippen LogP contribution in [0.4, 0.5) is 0 Å². The number of hydrogen-bond donors (Lipinski definition) is 0. The van der Waals surface area contributed by atoms with Crippen LogP contribution in [0.1, 0.15) is 41.3 Å². The number of halogens is 1. The van der Waals surface area contributed by atoms with Crippen LogP contribution in [0.5, 0.6) is 0 Å².